The Bertz CT molecular complexity index is 150. The summed E-state index contributed by atoms with van der Waals surface area (Å²) in [7, 11) is 3.99. The summed E-state index contributed by atoms with van der Waals surface area (Å²) in [6.45, 7) is 7.49. The molecule has 0 fully saturated rings. The van der Waals surface area contributed by atoms with Gasteiger partial charge >= 0.3 is 0 Å². The van der Waals surface area contributed by atoms with Gasteiger partial charge in [-0.1, -0.05) is 0 Å². The van der Waals surface area contributed by atoms with Gasteiger partial charge in [-0.05, 0) is 53.6 Å². The molecule has 2 atom stereocenters. The minimum absolute atomic E-state index is 0.582. The van der Waals surface area contributed by atoms with Crippen LogP contribution in [-0.2, 0) is 9.47 Å². The van der Waals surface area contributed by atoms with Crippen molar-refractivity contribution in [2.45, 2.75) is 51.6 Å². The van der Waals surface area contributed by atoms with Crippen LogP contribution in [0.15, 0.2) is 0 Å². The number of ether oxygens (including phenoxy) is 2. The third-order valence-electron chi connectivity index (χ3n) is 3.21. The van der Waals surface area contributed by atoms with E-state index in [0.717, 1.165) is 39.3 Å². The van der Waals surface area contributed by atoms with Gasteiger partial charge in [0, 0.05) is 25.3 Å². The maximum atomic E-state index is 5.51. The zero-order chi connectivity index (χ0) is 13.6. The summed E-state index contributed by atoms with van der Waals surface area (Å²) in [6, 6.07) is 1.16. The second-order valence-electron chi connectivity index (χ2n) is 4.89. The van der Waals surface area contributed by atoms with E-state index < -0.39 is 0 Å². The number of nitrogens with one attached hydrogen (secondary N) is 2. The van der Waals surface area contributed by atoms with Crippen LogP contribution in [0.2, 0.25) is 0 Å². The summed E-state index contributed by atoms with van der Waals surface area (Å²) in [5.74, 6) is 0. The van der Waals surface area contributed by atoms with Gasteiger partial charge < -0.3 is 20.1 Å². The Morgan fingerprint density at radius 1 is 0.722 bits per heavy atom. The maximum absolute atomic E-state index is 5.51. The molecule has 0 aromatic rings. The van der Waals surface area contributed by atoms with E-state index in [1.165, 1.54) is 12.8 Å². The van der Waals surface area contributed by atoms with Crippen LogP contribution < -0.4 is 10.6 Å². The van der Waals surface area contributed by atoms with Crippen molar-refractivity contribution in [3.63, 3.8) is 0 Å². The molecule has 18 heavy (non-hydrogen) atoms. The van der Waals surface area contributed by atoms with Crippen LogP contribution >= 0.6 is 0 Å². The first-order valence-corrected chi connectivity index (χ1v) is 7.20. The summed E-state index contributed by atoms with van der Waals surface area (Å²) < 4.78 is 11.0. The van der Waals surface area contributed by atoms with Crippen LogP contribution in [0.3, 0.4) is 0 Å². The summed E-state index contributed by atoms with van der Waals surface area (Å²) in [6.07, 6.45) is 4.56. The van der Waals surface area contributed by atoms with Crippen LogP contribution in [0.5, 0.6) is 0 Å². The van der Waals surface area contributed by atoms with E-state index in [0.29, 0.717) is 12.1 Å². The zero-order valence-electron chi connectivity index (χ0n) is 12.6. The molecule has 0 aliphatic rings. The smallest absolute Gasteiger partial charge is 0.0700 e. The van der Waals surface area contributed by atoms with Gasteiger partial charge in [-0.25, -0.2) is 0 Å². The van der Waals surface area contributed by atoms with Crippen molar-refractivity contribution in [3.05, 3.63) is 0 Å². The molecule has 2 N–H and O–H groups in total. The Morgan fingerprint density at radius 3 is 1.44 bits per heavy atom. The van der Waals surface area contributed by atoms with Gasteiger partial charge in [-0.3, -0.25) is 0 Å². The number of rotatable bonds is 13. The third kappa shape index (κ3) is 12.3. The fraction of sp³-hybridized carbons (Fsp3) is 1.00. The normalized spacial score (nSPS) is 14.7. The Labute approximate surface area is 113 Å². The van der Waals surface area contributed by atoms with Crippen LogP contribution in [0.1, 0.15) is 39.5 Å². The highest BCUT2D eigenvalue weighted by atomic mass is 16.5. The average Bonchev–Trinajstić information content (AvgIpc) is 2.40. The summed E-state index contributed by atoms with van der Waals surface area (Å²) in [4.78, 5) is 0. The van der Waals surface area contributed by atoms with Crippen LogP contribution in [0.25, 0.3) is 0 Å². The fourth-order valence-electron chi connectivity index (χ4n) is 1.59. The second kappa shape index (κ2) is 13.3. The van der Waals surface area contributed by atoms with E-state index >= 15 is 0 Å². The molecule has 0 amide bonds. The van der Waals surface area contributed by atoms with Gasteiger partial charge in [0.25, 0.3) is 0 Å². The topological polar surface area (TPSA) is 42.5 Å². The highest BCUT2D eigenvalue weighted by Gasteiger charge is 1.98. The van der Waals surface area contributed by atoms with Crippen molar-refractivity contribution in [1.82, 2.24) is 10.6 Å². The Balaban J connectivity index is 3.03. The van der Waals surface area contributed by atoms with Gasteiger partial charge in [-0.2, -0.15) is 0 Å². The molecule has 4 heteroatoms. The Kier molecular flexibility index (Phi) is 13.2. The van der Waals surface area contributed by atoms with Crippen molar-refractivity contribution in [1.29, 1.82) is 0 Å². The lowest BCUT2D eigenvalue weighted by Gasteiger charge is -2.11. The predicted octanol–water partition coefficient (Wildman–Crippen LogP) is 1.80. The molecular weight excluding hydrogens is 228 g/mol. The maximum Gasteiger partial charge on any atom is 0.0700 e. The van der Waals surface area contributed by atoms with Crippen molar-refractivity contribution in [2.75, 3.05) is 40.5 Å². The first-order chi connectivity index (χ1) is 8.70. The molecular formula is C14H32N2O2. The molecule has 4 nitrogen and oxygen atoms in total. The standard InChI is InChI=1S/C14H32N2O2/c1-13(15-3)7-5-9-17-11-12-18-10-6-8-14(2)16-4/h13-16H,5-12H2,1-4H3. The van der Waals surface area contributed by atoms with E-state index in [1.807, 2.05) is 14.1 Å². The van der Waals surface area contributed by atoms with Gasteiger partial charge in [0.2, 0.25) is 0 Å². The second-order valence-corrected chi connectivity index (χ2v) is 4.89. The molecule has 0 rings (SSSR count). The van der Waals surface area contributed by atoms with Crippen molar-refractivity contribution in [3.8, 4) is 0 Å². The quantitative estimate of drug-likeness (QED) is 0.496. The van der Waals surface area contributed by atoms with E-state index in [1.54, 1.807) is 0 Å². The van der Waals surface area contributed by atoms with E-state index in [9.17, 15) is 0 Å². The molecule has 0 aliphatic carbocycles. The predicted molar refractivity (Wildman–Crippen MR) is 77.1 cm³/mol. The lowest BCUT2D eigenvalue weighted by atomic mass is 10.2. The number of hydrogen-bond acceptors (Lipinski definition) is 4. The summed E-state index contributed by atoms with van der Waals surface area (Å²) in [5.41, 5.74) is 0. The third-order valence-corrected chi connectivity index (χ3v) is 3.21. The van der Waals surface area contributed by atoms with Crippen LogP contribution in [0.4, 0.5) is 0 Å². The first-order valence-electron chi connectivity index (χ1n) is 7.20. The molecule has 0 aromatic heterocycles. The van der Waals surface area contributed by atoms with E-state index in [-0.39, 0.29) is 0 Å². The molecule has 0 radical (unpaired) electrons. The summed E-state index contributed by atoms with van der Waals surface area (Å²) >= 11 is 0. The molecule has 0 saturated carbocycles. The minimum atomic E-state index is 0.582. The van der Waals surface area contributed by atoms with Gasteiger partial charge in [0.15, 0.2) is 0 Å². The van der Waals surface area contributed by atoms with Gasteiger partial charge in [0.1, 0.15) is 0 Å². The lowest BCUT2D eigenvalue weighted by molar-refractivity contribution is 0.0442. The molecule has 0 aromatic carbocycles. The molecule has 0 bridgehead atoms. The molecule has 0 spiro atoms. The first kappa shape index (κ1) is 17.8. The van der Waals surface area contributed by atoms with Crippen molar-refractivity contribution >= 4 is 0 Å². The fourth-order valence-corrected chi connectivity index (χ4v) is 1.59. The average molecular weight is 260 g/mol. The molecule has 110 valence electrons. The Morgan fingerprint density at radius 2 is 1.11 bits per heavy atom. The largest absolute Gasteiger partial charge is 0.379 e. The van der Waals surface area contributed by atoms with Crippen molar-refractivity contribution in [2.24, 2.45) is 0 Å². The van der Waals surface area contributed by atoms with E-state index in [4.69, 9.17) is 9.47 Å². The summed E-state index contributed by atoms with van der Waals surface area (Å²) in [5, 5.41) is 6.44. The van der Waals surface area contributed by atoms with Gasteiger partial charge in [0.05, 0.1) is 13.2 Å². The monoisotopic (exact) mass is 260 g/mol. The van der Waals surface area contributed by atoms with E-state index in [2.05, 4.69) is 24.5 Å². The van der Waals surface area contributed by atoms with Gasteiger partial charge in [-0.15, -0.1) is 0 Å². The molecule has 0 heterocycles. The molecule has 0 saturated heterocycles. The van der Waals surface area contributed by atoms with Crippen molar-refractivity contribution < 1.29 is 9.47 Å². The highest BCUT2D eigenvalue weighted by Crippen LogP contribution is 1.97. The SMILES string of the molecule is CNC(C)CCCOCCOCCCC(C)NC. The lowest BCUT2D eigenvalue weighted by Crippen LogP contribution is -2.21. The van der Waals surface area contributed by atoms with Crippen LogP contribution in [0, 0.1) is 0 Å². The Hall–Kier alpha value is -0.160. The molecule has 2 unspecified atom stereocenters. The molecule has 0 aliphatic heterocycles. The van der Waals surface area contributed by atoms with Crippen LogP contribution in [-0.4, -0.2) is 52.6 Å². The minimum Gasteiger partial charge on any atom is -0.379 e. The highest BCUT2D eigenvalue weighted by molar-refractivity contribution is 4.56. The number of hydrogen-bond donors (Lipinski definition) is 2. The zero-order valence-corrected chi connectivity index (χ0v) is 12.6.